The number of aromatic nitrogens is 2. The fourth-order valence-electron chi connectivity index (χ4n) is 3.08. The second-order valence-electron chi connectivity index (χ2n) is 6.05. The van der Waals surface area contributed by atoms with E-state index in [1.165, 1.54) is 11.3 Å². The largest absolute Gasteiger partial charge is 0.334 e. The van der Waals surface area contributed by atoms with Gasteiger partial charge >= 0.3 is 0 Å². The van der Waals surface area contributed by atoms with Gasteiger partial charge in [-0.05, 0) is 23.6 Å². The molecule has 1 saturated heterocycles. The summed E-state index contributed by atoms with van der Waals surface area (Å²) in [5, 5.41) is 1.90. The Morgan fingerprint density at radius 1 is 0.885 bits per heavy atom. The number of amides is 2. The molecule has 0 N–H and O–H groups in total. The van der Waals surface area contributed by atoms with Crippen molar-refractivity contribution < 1.29 is 9.59 Å². The van der Waals surface area contributed by atoms with Crippen molar-refractivity contribution in [2.45, 2.75) is 0 Å². The van der Waals surface area contributed by atoms with Gasteiger partial charge in [0.25, 0.3) is 11.8 Å². The van der Waals surface area contributed by atoms with Gasteiger partial charge in [0.1, 0.15) is 5.69 Å². The number of para-hydroxylation sites is 1. The lowest BCUT2D eigenvalue weighted by Gasteiger charge is -2.34. The van der Waals surface area contributed by atoms with E-state index in [9.17, 15) is 9.59 Å². The Balaban J connectivity index is 1.45. The van der Waals surface area contributed by atoms with E-state index >= 15 is 0 Å². The van der Waals surface area contributed by atoms with Gasteiger partial charge in [0, 0.05) is 31.9 Å². The minimum Gasteiger partial charge on any atom is -0.334 e. The average molecular weight is 366 g/mol. The van der Waals surface area contributed by atoms with Crippen molar-refractivity contribution in [1.29, 1.82) is 0 Å². The topological polar surface area (TPSA) is 58.4 Å². The molecule has 1 aliphatic rings. The average Bonchev–Trinajstić information content (AvgIpc) is 3.39. The molecular formula is C19H18N4O2S. The summed E-state index contributed by atoms with van der Waals surface area (Å²) in [5.74, 6) is -0.0176. The Kier molecular flexibility index (Phi) is 4.53. The van der Waals surface area contributed by atoms with Gasteiger partial charge in [0.2, 0.25) is 0 Å². The lowest BCUT2D eigenvalue weighted by Crippen LogP contribution is -2.50. The lowest BCUT2D eigenvalue weighted by atomic mass is 10.2. The molecule has 0 saturated carbocycles. The van der Waals surface area contributed by atoms with Crippen LogP contribution in [0.25, 0.3) is 5.69 Å². The minimum absolute atomic E-state index is 0.0430. The second-order valence-corrected chi connectivity index (χ2v) is 6.99. The van der Waals surface area contributed by atoms with Crippen LogP contribution in [0, 0.1) is 0 Å². The highest BCUT2D eigenvalue weighted by Crippen LogP contribution is 2.17. The van der Waals surface area contributed by atoms with Gasteiger partial charge in [-0.1, -0.05) is 24.3 Å². The summed E-state index contributed by atoms with van der Waals surface area (Å²) in [6.45, 7) is 2.13. The summed E-state index contributed by atoms with van der Waals surface area (Å²) in [6, 6.07) is 13.4. The minimum atomic E-state index is -0.0606. The maximum Gasteiger partial charge on any atom is 0.272 e. The first-order chi connectivity index (χ1) is 12.7. The van der Waals surface area contributed by atoms with Crippen LogP contribution in [-0.2, 0) is 0 Å². The van der Waals surface area contributed by atoms with Gasteiger partial charge in [0.15, 0.2) is 0 Å². The van der Waals surface area contributed by atoms with Crippen molar-refractivity contribution in [2.24, 2.45) is 0 Å². The highest BCUT2D eigenvalue weighted by molar-refractivity contribution is 7.12. The number of hydrogen-bond acceptors (Lipinski definition) is 4. The quantitative estimate of drug-likeness (QED) is 0.716. The molecule has 1 fully saturated rings. The van der Waals surface area contributed by atoms with Gasteiger partial charge in [0.05, 0.1) is 17.4 Å². The molecule has 1 aromatic carbocycles. The van der Waals surface area contributed by atoms with E-state index in [2.05, 4.69) is 4.98 Å². The van der Waals surface area contributed by atoms with Crippen molar-refractivity contribution >= 4 is 23.2 Å². The van der Waals surface area contributed by atoms with Crippen LogP contribution >= 0.6 is 11.3 Å². The van der Waals surface area contributed by atoms with E-state index in [-0.39, 0.29) is 11.8 Å². The molecule has 0 aliphatic carbocycles. The van der Waals surface area contributed by atoms with Crippen molar-refractivity contribution in [1.82, 2.24) is 19.4 Å². The second kappa shape index (κ2) is 7.13. The van der Waals surface area contributed by atoms with Crippen molar-refractivity contribution in [2.75, 3.05) is 26.2 Å². The summed E-state index contributed by atoms with van der Waals surface area (Å²) in [4.78, 5) is 33.8. The molecule has 132 valence electrons. The molecule has 3 aromatic rings. The van der Waals surface area contributed by atoms with Crippen LogP contribution in [0.3, 0.4) is 0 Å². The monoisotopic (exact) mass is 366 g/mol. The maximum atomic E-state index is 12.9. The molecular weight excluding hydrogens is 348 g/mol. The van der Waals surface area contributed by atoms with E-state index in [4.69, 9.17) is 0 Å². The molecule has 0 bridgehead atoms. The predicted molar refractivity (Wildman–Crippen MR) is 99.7 cm³/mol. The smallest absolute Gasteiger partial charge is 0.272 e. The number of imidazole rings is 1. The number of hydrogen-bond donors (Lipinski definition) is 0. The zero-order valence-electron chi connectivity index (χ0n) is 14.1. The van der Waals surface area contributed by atoms with Gasteiger partial charge < -0.3 is 9.80 Å². The Labute approximate surface area is 155 Å². The predicted octanol–water partition coefficient (Wildman–Crippen LogP) is 2.53. The van der Waals surface area contributed by atoms with Crippen LogP contribution in [0.4, 0.5) is 0 Å². The lowest BCUT2D eigenvalue weighted by molar-refractivity contribution is 0.0533. The van der Waals surface area contributed by atoms with Crippen LogP contribution in [-0.4, -0.2) is 57.3 Å². The number of carbonyl (C=O) groups excluding carboxylic acids is 2. The zero-order valence-corrected chi connectivity index (χ0v) is 14.9. The first-order valence-electron chi connectivity index (χ1n) is 8.44. The summed E-state index contributed by atoms with van der Waals surface area (Å²) in [6.07, 6.45) is 3.25. The molecule has 0 spiro atoms. The van der Waals surface area contributed by atoms with Crippen molar-refractivity contribution in [3.63, 3.8) is 0 Å². The standard InChI is InChI=1S/C19H18N4O2S/c24-18(16-13-20-14-23(16)15-5-2-1-3-6-15)21-8-10-22(11-9-21)19(25)17-7-4-12-26-17/h1-7,12-14H,8-11H2. The zero-order chi connectivity index (χ0) is 17.9. The van der Waals surface area contributed by atoms with Gasteiger partial charge in [-0.3, -0.25) is 14.2 Å². The summed E-state index contributed by atoms with van der Waals surface area (Å²) in [7, 11) is 0. The molecule has 3 heterocycles. The van der Waals surface area contributed by atoms with E-state index in [1.807, 2.05) is 52.7 Å². The van der Waals surface area contributed by atoms with Gasteiger partial charge in [-0.2, -0.15) is 0 Å². The number of thiophene rings is 1. The third kappa shape index (κ3) is 3.13. The fourth-order valence-corrected chi connectivity index (χ4v) is 3.77. The molecule has 26 heavy (non-hydrogen) atoms. The molecule has 0 atom stereocenters. The SMILES string of the molecule is O=C(c1cccs1)N1CCN(C(=O)c2cncn2-c2ccccc2)CC1. The van der Waals surface area contributed by atoms with Crippen LogP contribution in [0.5, 0.6) is 0 Å². The molecule has 4 rings (SSSR count). The van der Waals surface area contributed by atoms with Gasteiger partial charge in [-0.25, -0.2) is 4.98 Å². The highest BCUT2D eigenvalue weighted by Gasteiger charge is 2.27. The summed E-state index contributed by atoms with van der Waals surface area (Å²) < 4.78 is 1.80. The molecule has 6 nitrogen and oxygen atoms in total. The van der Waals surface area contributed by atoms with Crippen LogP contribution in [0.1, 0.15) is 20.2 Å². The van der Waals surface area contributed by atoms with Crippen molar-refractivity contribution in [3.8, 4) is 5.69 Å². The highest BCUT2D eigenvalue weighted by atomic mass is 32.1. The number of benzene rings is 1. The van der Waals surface area contributed by atoms with Gasteiger partial charge in [-0.15, -0.1) is 11.3 Å². The summed E-state index contributed by atoms with van der Waals surface area (Å²) >= 11 is 1.45. The van der Waals surface area contributed by atoms with E-state index < -0.39 is 0 Å². The number of nitrogens with zero attached hydrogens (tertiary/aromatic N) is 4. The fraction of sp³-hybridized carbons (Fsp3) is 0.211. The molecule has 7 heteroatoms. The third-order valence-electron chi connectivity index (χ3n) is 4.48. The normalized spacial score (nSPS) is 14.5. The molecule has 0 radical (unpaired) electrons. The van der Waals surface area contributed by atoms with E-state index in [0.717, 1.165) is 10.6 Å². The third-order valence-corrected chi connectivity index (χ3v) is 5.34. The molecule has 1 aliphatic heterocycles. The Hall–Kier alpha value is -2.93. The van der Waals surface area contributed by atoms with E-state index in [1.54, 1.807) is 22.0 Å². The Morgan fingerprint density at radius 3 is 2.23 bits per heavy atom. The number of carbonyl (C=O) groups is 2. The molecule has 2 amide bonds. The molecule has 2 aromatic heterocycles. The van der Waals surface area contributed by atoms with Crippen LogP contribution in [0.2, 0.25) is 0 Å². The Morgan fingerprint density at radius 2 is 1.58 bits per heavy atom. The van der Waals surface area contributed by atoms with Crippen LogP contribution < -0.4 is 0 Å². The number of piperazine rings is 1. The number of rotatable bonds is 3. The molecule has 0 unspecified atom stereocenters. The first-order valence-corrected chi connectivity index (χ1v) is 9.32. The Bertz CT molecular complexity index is 897. The van der Waals surface area contributed by atoms with Crippen molar-refractivity contribution in [3.05, 3.63) is 70.9 Å². The van der Waals surface area contributed by atoms with E-state index in [0.29, 0.717) is 31.9 Å². The first kappa shape index (κ1) is 16.5. The van der Waals surface area contributed by atoms with Crippen LogP contribution in [0.15, 0.2) is 60.4 Å². The maximum absolute atomic E-state index is 12.9. The summed E-state index contributed by atoms with van der Waals surface area (Å²) in [5.41, 5.74) is 1.44.